The van der Waals surface area contributed by atoms with Gasteiger partial charge in [-0.05, 0) is 25.8 Å². The maximum absolute atomic E-state index is 13.2. The predicted molar refractivity (Wildman–Crippen MR) is 115 cm³/mol. The summed E-state index contributed by atoms with van der Waals surface area (Å²) >= 11 is 0. The Balaban J connectivity index is 1.54. The lowest BCUT2D eigenvalue weighted by molar-refractivity contribution is -0.202. The van der Waals surface area contributed by atoms with Crippen LogP contribution in [0.1, 0.15) is 39.0 Å². The van der Waals surface area contributed by atoms with Crippen molar-refractivity contribution in [1.29, 1.82) is 0 Å². The molecule has 0 N–H and O–H groups in total. The number of ether oxygens (including phenoxy) is 5. The van der Waals surface area contributed by atoms with E-state index < -0.39 is 29.4 Å². The summed E-state index contributed by atoms with van der Waals surface area (Å²) in [4.78, 5) is 25.5. The smallest absolute Gasteiger partial charge is 0.335 e. The van der Waals surface area contributed by atoms with Gasteiger partial charge >= 0.3 is 5.69 Å². The maximum atomic E-state index is 13.2. The van der Waals surface area contributed by atoms with Gasteiger partial charge in [0.05, 0.1) is 13.2 Å². The second kappa shape index (κ2) is 9.68. The molecular weight excluding hydrogens is 416 g/mol. The lowest BCUT2D eigenvalue weighted by Crippen LogP contribution is -2.43. The summed E-state index contributed by atoms with van der Waals surface area (Å²) in [5.41, 5.74) is -0.0224. The van der Waals surface area contributed by atoms with E-state index in [1.165, 1.54) is 16.8 Å². The molecule has 0 bridgehead atoms. The molecule has 0 aliphatic carbocycles. The van der Waals surface area contributed by atoms with Gasteiger partial charge in [0, 0.05) is 18.9 Å². The topological polar surface area (TPSA) is 90.2 Å². The molecule has 9 heteroatoms. The number of rotatable bonds is 9. The lowest BCUT2D eigenvalue weighted by Gasteiger charge is -2.25. The van der Waals surface area contributed by atoms with Crippen LogP contribution in [0.5, 0.6) is 0 Å². The van der Waals surface area contributed by atoms with E-state index in [4.69, 9.17) is 23.7 Å². The molecule has 2 fully saturated rings. The van der Waals surface area contributed by atoms with Crippen LogP contribution in [-0.4, -0.2) is 46.4 Å². The van der Waals surface area contributed by atoms with E-state index in [9.17, 15) is 9.59 Å². The number of hydrogen-bond acceptors (Lipinski definition) is 7. The molecule has 0 amide bonds. The molecule has 2 saturated heterocycles. The van der Waals surface area contributed by atoms with Gasteiger partial charge in [0.25, 0.3) is 5.56 Å². The van der Waals surface area contributed by atoms with Crippen LogP contribution in [0.3, 0.4) is 0 Å². The summed E-state index contributed by atoms with van der Waals surface area (Å²) in [6.07, 6.45) is 0.304. The summed E-state index contributed by atoms with van der Waals surface area (Å²) in [7, 11) is 0. The van der Waals surface area contributed by atoms with Crippen LogP contribution in [-0.2, 0) is 37.0 Å². The van der Waals surface area contributed by atoms with Crippen LogP contribution in [0.25, 0.3) is 0 Å². The van der Waals surface area contributed by atoms with Gasteiger partial charge in [-0.15, -0.1) is 0 Å². The molecule has 0 saturated carbocycles. The molecule has 32 heavy (non-hydrogen) atoms. The molecule has 0 spiro atoms. The zero-order valence-corrected chi connectivity index (χ0v) is 18.6. The molecule has 0 radical (unpaired) electrons. The van der Waals surface area contributed by atoms with Gasteiger partial charge < -0.3 is 23.7 Å². The highest BCUT2D eigenvalue weighted by atomic mass is 16.8. The van der Waals surface area contributed by atoms with Crippen molar-refractivity contribution in [3.63, 3.8) is 0 Å². The van der Waals surface area contributed by atoms with Crippen molar-refractivity contribution < 1.29 is 23.7 Å². The molecule has 2 aliphatic heterocycles. The Morgan fingerprint density at radius 2 is 1.78 bits per heavy atom. The molecule has 2 aromatic rings. The number of fused-ring (bicyclic) bond motifs is 1. The summed E-state index contributed by atoms with van der Waals surface area (Å²) in [5.74, 6) is -0.808. The summed E-state index contributed by atoms with van der Waals surface area (Å²) < 4.78 is 31.9. The largest absolute Gasteiger partial charge is 0.379 e. The standard InChI is InChI=1S/C23H30N2O7/c1-4-12-28-14-17-19-20(32-23(2,3)31-19)21(30-17)24-11-10-18(26)25(22(24)27)15-29-13-16-8-6-5-7-9-16/h5-11,17,19-21H,4,12-15H2,1-3H3/t17-,19+,20?,21-/m1/s1. The number of hydrogen-bond donors (Lipinski definition) is 0. The average Bonchev–Trinajstić information content (AvgIpc) is 3.25. The first-order valence-electron chi connectivity index (χ1n) is 10.9. The minimum atomic E-state index is -0.808. The summed E-state index contributed by atoms with van der Waals surface area (Å²) in [6, 6.07) is 10.9. The Bertz CT molecular complexity index is 1020. The monoisotopic (exact) mass is 446 g/mol. The molecule has 2 aliphatic rings. The number of aromatic nitrogens is 2. The summed E-state index contributed by atoms with van der Waals surface area (Å²) in [6.45, 7) is 6.74. The second-order valence-corrected chi connectivity index (χ2v) is 8.44. The molecule has 174 valence electrons. The van der Waals surface area contributed by atoms with Crippen LogP contribution in [0, 0.1) is 0 Å². The van der Waals surface area contributed by atoms with Crippen molar-refractivity contribution in [3.05, 3.63) is 69.0 Å². The van der Waals surface area contributed by atoms with Crippen molar-refractivity contribution in [3.8, 4) is 0 Å². The van der Waals surface area contributed by atoms with E-state index in [0.29, 0.717) is 13.2 Å². The fourth-order valence-corrected chi connectivity index (χ4v) is 4.03. The van der Waals surface area contributed by atoms with Crippen molar-refractivity contribution in [2.24, 2.45) is 0 Å². The van der Waals surface area contributed by atoms with E-state index in [1.807, 2.05) is 51.1 Å². The third kappa shape index (κ3) is 4.87. The number of benzene rings is 1. The molecule has 4 rings (SSSR count). The molecule has 4 atom stereocenters. The van der Waals surface area contributed by atoms with Gasteiger partial charge in [0.15, 0.2) is 12.0 Å². The zero-order valence-electron chi connectivity index (χ0n) is 18.6. The highest BCUT2D eigenvalue weighted by Gasteiger charge is 2.56. The first-order valence-corrected chi connectivity index (χ1v) is 10.9. The molecule has 9 nitrogen and oxygen atoms in total. The lowest BCUT2D eigenvalue weighted by atomic mass is 10.1. The highest BCUT2D eigenvalue weighted by molar-refractivity contribution is 5.13. The van der Waals surface area contributed by atoms with Crippen molar-refractivity contribution >= 4 is 0 Å². The Morgan fingerprint density at radius 1 is 1.03 bits per heavy atom. The second-order valence-electron chi connectivity index (χ2n) is 8.44. The Kier molecular flexibility index (Phi) is 6.92. The fraction of sp³-hybridized carbons (Fsp3) is 0.565. The first-order chi connectivity index (χ1) is 15.4. The highest BCUT2D eigenvalue weighted by Crippen LogP contribution is 2.42. The minimum Gasteiger partial charge on any atom is -0.379 e. The third-order valence-electron chi connectivity index (χ3n) is 5.46. The molecule has 1 aromatic heterocycles. The zero-order chi connectivity index (χ0) is 22.7. The van der Waals surface area contributed by atoms with Crippen molar-refractivity contribution in [2.75, 3.05) is 13.2 Å². The van der Waals surface area contributed by atoms with Crippen LogP contribution in [0.2, 0.25) is 0 Å². The van der Waals surface area contributed by atoms with Gasteiger partial charge in [0.1, 0.15) is 25.0 Å². The SMILES string of the molecule is CCCOC[C@H]1O[C@@H](n2ccc(=O)n(COCc3ccccc3)c2=O)C2OC(C)(C)O[C@H]21. The van der Waals surface area contributed by atoms with E-state index in [0.717, 1.165) is 16.6 Å². The van der Waals surface area contributed by atoms with E-state index >= 15 is 0 Å². The quantitative estimate of drug-likeness (QED) is 0.545. The summed E-state index contributed by atoms with van der Waals surface area (Å²) in [5, 5.41) is 0. The average molecular weight is 447 g/mol. The van der Waals surface area contributed by atoms with Gasteiger partial charge in [-0.1, -0.05) is 37.3 Å². The van der Waals surface area contributed by atoms with Gasteiger partial charge in [0.2, 0.25) is 0 Å². The number of nitrogens with zero attached hydrogens (tertiary/aromatic N) is 2. The Labute approximate surface area is 186 Å². The van der Waals surface area contributed by atoms with E-state index in [1.54, 1.807) is 0 Å². The maximum Gasteiger partial charge on any atom is 0.335 e. The van der Waals surface area contributed by atoms with Crippen molar-refractivity contribution in [2.45, 2.75) is 70.9 Å². The van der Waals surface area contributed by atoms with Gasteiger partial charge in [-0.3, -0.25) is 9.36 Å². The molecule has 1 aromatic carbocycles. The first kappa shape index (κ1) is 22.9. The van der Waals surface area contributed by atoms with Gasteiger partial charge in [-0.25, -0.2) is 9.36 Å². The van der Waals surface area contributed by atoms with Crippen molar-refractivity contribution in [1.82, 2.24) is 9.13 Å². The molecular formula is C23H30N2O7. The molecule has 3 heterocycles. The predicted octanol–water partition coefficient (Wildman–Crippen LogP) is 2.03. The normalized spacial score (nSPS) is 26.3. The Morgan fingerprint density at radius 3 is 2.53 bits per heavy atom. The van der Waals surface area contributed by atoms with Crippen LogP contribution in [0.15, 0.2) is 52.2 Å². The third-order valence-corrected chi connectivity index (χ3v) is 5.46. The van der Waals surface area contributed by atoms with E-state index in [2.05, 4.69) is 0 Å². The fourth-order valence-electron chi connectivity index (χ4n) is 4.03. The van der Waals surface area contributed by atoms with Crippen LogP contribution in [0.4, 0.5) is 0 Å². The minimum absolute atomic E-state index is 0.167. The van der Waals surface area contributed by atoms with Gasteiger partial charge in [-0.2, -0.15) is 0 Å². The van der Waals surface area contributed by atoms with Crippen LogP contribution < -0.4 is 11.2 Å². The Hall–Kier alpha value is -2.30. The molecule has 1 unspecified atom stereocenters. The van der Waals surface area contributed by atoms with Crippen LogP contribution >= 0.6 is 0 Å². The van der Waals surface area contributed by atoms with E-state index in [-0.39, 0.29) is 25.5 Å².